The van der Waals surface area contributed by atoms with Gasteiger partial charge in [0.15, 0.2) is 0 Å². The SMILES string of the molecule is CN(CC1CCCCC1)C(=O)CCS. The number of carbonyl (C=O) groups is 1. The van der Waals surface area contributed by atoms with Crippen LogP contribution in [0.5, 0.6) is 0 Å². The number of amides is 1. The van der Waals surface area contributed by atoms with Crippen molar-refractivity contribution in [3.05, 3.63) is 0 Å². The van der Waals surface area contributed by atoms with E-state index in [1.165, 1.54) is 32.1 Å². The molecule has 1 rings (SSSR count). The minimum absolute atomic E-state index is 0.241. The number of nitrogens with zero attached hydrogens (tertiary/aromatic N) is 1. The summed E-state index contributed by atoms with van der Waals surface area (Å²) in [4.78, 5) is 13.4. The van der Waals surface area contributed by atoms with Crippen LogP contribution in [0.1, 0.15) is 38.5 Å². The predicted molar refractivity (Wildman–Crippen MR) is 62.7 cm³/mol. The molecule has 0 aromatic rings. The fourth-order valence-electron chi connectivity index (χ4n) is 2.15. The molecule has 0 aliphatic heterocycles. The molecule has 1 aliphatic carbocycles. The van der Waals surface area contributed by atoms with Gasteiger partial charge in [-0.2, -0.15) is 12.6 Å². The van der Waals surface area contributed by atoms with Gasteiger partial charge in [-0.15, -0.1) is 0 Å². The molecule has 0 aromatic heterocycles. The van der Waals surface area contributed by atoms with Crippen molar-refractivity contribution in [3.8, 4) is 0 Å². The third kappa shape index (κ3) is 3.91. The second-order valence-corrected chi connectivity index (χ2v) is 4.70. The van der Waals surface area contributed by atoms with Gasteiger partial charge in [0, 0.05) is 20.0 Å². The van der Waals surface area contributed by atoms with Crippen LogP contribution < -0.4 is 0 Å². The molecular formula is C11H21NOS. The minimum Gasteiger partial charge on any atom is -0.345 e. The molecule has 1 fully saturated rings. The van der Waals surface area contributed by atoms with Crippen LogP contribution in [0.25, 0.3) is 0 Å². The number of rotatable bonds is 4. The van der Waals surface area contributed by atoms with Crippen LogP contribution in [0.4, 0.5) is 0 Å². The van der Waals surface area contributed by atoms with Crippen LogP contribution in [-0.2, 0) is 4.79 Å². The number of hydrogen-bond donors (Lipinski definition) is 1. The fraction of sp³-hybridized carbons (Fsp3) is 0.909. The van der Waals surface area contributed by atoms with Gasteiger partial charge in [-0.1, -0.05) is 19.3 Å². The zero-order valence-electron chi connectivity index (χ0n) is 9.04. The molecular weight excluding hydrogens is 194 g/mol. The molecule has 14 heavy (non-hydrogen) atoms. The highest BCUT2D eigenvalue weighted by Gasteiger charge is 2.17. The maximum atomic E-state index is 11.5. The fourth-order valence-corrected chi connectivity index (χ4v) is 2.34. The summed E-state index contributed by atoms with van der Waals surface area (Å²) in [5.74, 6) is 1.65. The van der Waals surface area contributed by atoms with Gasteiger partial charge in [0.25, 0.3) is 0 Å². The highest BCUT2D eigenvalue weighted by atomic mass is 32.1. The summed E-state index contributed by atoms with van der Waals surface area (Å²) in [6.45, 7) is 0.951. The summed E-state index contributed by atoms with van der Waals surface area (Å²) in [6.07, 6.45) is 7.26. The second-order valence-electron chi connectivity index (χ2n) is 4.25. The Morgan fingerprint density at radius 3 is 2.57 bits per heavy atom. The Morgan fingerprint density at radius 1 is 1.36 bits per heavy atom. The van der Waals surface area contributed by atoms with Gasteiger partial charge in [0.1, 0.15) is 0 Å². The number of hydrogen-bond acceptors (Lipinski definition) is 2. The van der Waals surface area contributed by atoms with Crippen LogP contribution in [0.15, 0.2) is 0 Å². The Kier molecular flexibility index (Phi) is 5.38. The maximum Gasteiger partial charge on any atom is 0.223 e. The lowest BCUT2D eigenvalue weighted by Crippen LogP contribution is -2.32. The highest BCUT2D eigenvalue weighted by Crippen LogP contribution is 2.24. The summed E-state index contributed by atoms with van der Waals surface area (Å²) in [7, 11) is 1.92. The van der Waals surface area contributed by atoms with Crippen LogP contribution in [0.2, 0.25) is 0 Å². The van der Waals surface area contributed by atoms with E-state index in [9.17, 15) is 4.79 Å². The van der Waals surface area contributed by atoms with Gasteiger partial charge in [0.05, 0.1) is 0 Å². The van der Waals surface area contributed by atoms with Crippen molar-refractivity contribution in [2.24, 2.45) is 5.92 Å². The Bertz CT molecular complexity index is 178. The standard InChI is InChI=1S/C11H21NOS/c1-12(11(13)7-8-14)9-10-5-3-2-4-6-10/h10,14H,2-9H2,1H3. The quantitative estimate of drug-likeness (QED) is 0.714. The molecule has 1 amide bonds. The van der Waals surface area contributed by atoms with Gasteiger partial charge in [0.2, 0.25) is 5.91 Å². The maximum absolute atomic E-state index is 11.5. The van der Waals surface area contributed by atoms with Gasteiger partial charge in [-0.3, -0.25) is 4.79 Å². The monoisotopic (exact) mass is 215 g/mol. The van der Waals surface area contributed by atoms with E-state index in [2.05, 4.69) is 12.6 Å². The molecule has 82 valence electrons. The number of carbonyl (C=O) groups excluding carboxylic acids is 1. The molecule has 0 aromatic carbocycles. The predicted octanol–water partition coefficient (Wildman–Crippen LogP) is 2.35. The van der Waals surface area contributed by atoms with Crippen molar-refractivity contribution in [3.63, 3.8) is 0 Å². The van der Waals surface area contributed by atoms with Crippen LogP contribution >= 0.6 is 12.6 Å². The van der Waals surface area contributed by atoms with Gasteiger partial charge in [-0.05, 0) is 24.5 Å². The smallest absolute Gasteiger partial charge is 0.223 e. The van der Waals surface area contributed by atoms with E-state index < -0.39 is 0 Å². The van der Waals surface area contributed by atoms with Crippen molar-refractivity contribution in [2.45, 2.75) is 38.5 Å². The normalized spacial score (nSPS) is 18.1. The lowest BCUT2D eigenvalue weighted by atomic mass is 9.89. The first-order valence-electron chi connectivity index (χ1n) is 5.59. The summed E-state index contributed by atoms with van der Waals surface area (Å²) >= 11 is 4.07. The Balaban J connectivity index is 2.24. The molecule has 0 heterocycles. The van der Waals surface area contributed by atoms with Crippen molar-refractivity contribution >= 4 is 18.5 Å². The van der Waals surface area contributed by atoms with Crippen LogP contribution in [0.3, 0.4) is 0 Å². The third-order valence-corrected chi connectivity index (χ3v) is 3.23. The van der Waals surface area contributed by atoms with Crippen molar-refractivity contribution in [1.82, 2.24) is 4.90 Å². The third-order valence-electron chi connectivity index (χ3n) is 3.01. The summed E-state index contributed by atoms with van der Waals surface area (Å²) < 4.78 is 0. The molecule has 0 N–H and O–H groups in total. The molecule has 0 bridgehead atoms. The van der Waals surface area contributed by atoms with Crippen LogP contribution in [0, 0.1) is 5.92 Å². The zero-order valence-corrected chi connectivity index (χ0v) is 9.93. The van der Waals surface area contributed by atoms with Crippen molar-refractivity contribution in [1.29, 1.82) is 0 Å². The van der Waals surface area contributed by atoms with Gasteiger partial charge < -0.3 is 4.90 Å². The Hall–Kier alpha value is -0.180. The average Bonchev–Trinajstić information content (AvgIpc) is 2.19. The van der Waals surface area contributed by atoms with E-state index >= 15 is 0 Å². The molecule has 0 radical (unpaired) electrons. The Labute approximate surface area is 92.5 Å². The molecule has 2 nitrogen and oxygen atoms in total. The molecule has 0 unspecified atom stereocenters. The van der Waals surface area contributed by atoms with Crippen molar-refractivity contribution < 1.29 is 4.79 Å². The van der Waals surface area contributed by atoms with E-state index in [-0.39, 0.29) is 5.91 Å². The largest absolute Gasteiger partial charge is 0.345 e. The molecule has 0 saturated heterocycles. The van der Waals surface area contributed by atoms with Gasteiger partial charge in [-0.25, -0.2) is 0 Å². The van der Waals surface area contributed by atoms with E-state index in [1.54, 1.807) is 0 Å². The van der Waals surface area contributed by atoms with E-state index in [0.717, 1.165) is 12.5 Å². The van der Waals surface area contributed by atoms with Gasteiger partial charge >= 0.3 is 0 Å². The minimum atomic E-state index is 0.241. The lowest BCUT2D eigenvalue weighted by Gasteiger charge is -2.27. The molecule has 1 aliphatic rings. The average molecular weight is 215 g/mol. The molecule has 3 heteroatoms. The van der Waals surface area contributed by atoms with E-state index in [1.807, 2.05) is 11.9 Å². The highest BCUT2D eigenvalue weighted by molar-refractivity contribution is 7.80. The van der Waals surface area contributed by atoms with E-state index in [0.29, 0.717) is 12.2 Å². The number of thiol groups is 1. The summed E-state index contributed by atoms with van der Waals surface area (Å²) in [5, 5.41) is 0. The summed E-state index contributed by atoms with van der Waals surface area (Å²) in [5.41, 5.74) is 0. The van der Waals surface area contributed by atoms with Crippen LogP contribution in [-0.4, -0.2) is 30.2 Å². The topological polar surface area (TPSA) is 20.3 Å². The zero-order chi connectivity index (χ0) is 10.4. The molecule has 0 spiro atoms. The first-order valence-corrected chi connectivity index (χ1v) is 6.22. The van der Waals surface area contributed by atoms with E-state index in [4.69, 9.17) is 0 Å². The summed E-state index contributed by atoms with van der Waals surface area (Å²) in [6, 6.07) is 0. The molecule has 0 atom stereocenters. The Morgan fingerprint density at radius 2 is 2.00 bits per heavy atom. The first-order chi connectivity index (χ1) is 6.74. The first kappa shape index (κ1) is 11.9. The van der Waals surface area contributed by atoms with Crippen molar-refractivity contribution in [2.75, 3.05) is 19.3 Å². The second kappa shape index (κ2) is 6.33. The molecule has 1 saturated carbocycles. The lowest BCUT2D eigenvalue weighted by molar-refractivity contribution is -0.130.